The van der Waals surface area contributed by atoms with Gasteiger partial charge in [0.05, 0.1) is 5.92 Å². The minimum absolute atomic E-state index is 0.356. The van der Waals surface area contributed by atoms with Crippen molar-refractivity contribution in [3.63, 3.8) is 0 Å². The van der Waals surface area contributed by atoms with Crippen molar-refractivity contribution in [1.29, 1.82) is 0 Å². The van der Waals surface area contributed by atoms with E-state index in [0.29, 0.717) is 0 Å². The lowest BCUT2D eigenvalue weighted by Gasteiger charge is -2.33. The molecule has 0 aliphatic rings. The molecule has 0 aliphatic carbocycles. The molecule has 1 N–H and O–H groups in total. The number of carboxylic acid groups (broad SMARTS) is 1. The molecule has 1 unspecified atom stereocenters. The van der Waals surface area contributed by atoms with Crippen molar-refractivity contribution in [2.75, 3.05) is 7.05 Å². The first-order valence-corrected chi connectivity index (χ1v) is 6.05. The van der Waals surface area contributed by atoms with Gasteiger partial charge in [0.1, 0.15) is 17.2 Å². The molecule has 0 spiro atoms. The summed E-state index contributed by atoms with van der Waals surface area (Å²) in [6, 6.07) is 3.32. The number of benzene rings is 1. The van der Waals surface area contributed by atoms with Gasteiger partial charge >= 0.3 is 5.97 Å². The van der Waals surface area contributed by atoms with E-state index in [4.69, 9.17) is 5.11 Å². The third-order valence-electron chi connectivity index (χ3n) is 3.50. The van der Waals surface area contributed by atoms with Gasteiger partial charge in [0.15, 0.2) is 0 Å². The summed E-state index contributed by atoms with van der Waals surface area (Å²) in [5.41, 5.74) is -1.82. The number of hydrogen-bond donors (Lipinski definition) is 1. The summed E-state index contributed by atoms with van der Waals surface area (Å²) in [7, 11) is 1.30. The second-order valence-corrected chi connectivity index (χ2v) is 5.12. The van der Waals surface area contributed by atoms with Crippen molar-refractivity contribution < 1.29 is 23.5 Å². The summed E-state index contributed by atoms with van der Waals surface area (Å²) < 4.78 is 27.3. The summed E-state index contributed by atoms with van der Waals surface area (Å²) in [5.74, 6) is -4.63. The minimum Gasteiger partial charge on any atom is -0.480 e. The Kier molecular flexibility index (Phi) is 4.47. The standard InChI is InChI=1S/C14H17F2NO3/c1-8(11-9(15)6-5-7-10(11)16)12(18)17(4)14(2,3)13(19)20/h5-8H,1-4H3,(H,19,20). The summed E-state index contributed by atoms with van der Waals surface area (Å²) >= 11 is 0. The Morgan fingerprint density at radius 2 is 1.70 bits per heavy atom. The molecule has 0 fully saturated rings. The van der Waals surface area contributed by atoms with Gasteiger partial charge in [0.25, 0.3) is 0 Å². The van der Waals surface area contributed by atoms with Gasteiger partial charge in [-0.1, -0.05) is 6.07 Å². The van der Waals surface area contributed by atoms with Crippen LogP contribution in [0.15, 0.2) is 18.2 Å². The molecule has 0 aliphatic heterocycles. The normalized spacial score (nSPS) is 12.9. The number of hydrogen-bond acceptors (Lipinski definition) is 2. The highest BCUT2D eigenvalue weighted by molar-refractivity contribution is 5.89. The molecule has 1 aromatic carbocycles. The maximum atomic E-state index is 13.7. The lowest BCUT2D eigenvalue weighted by atomic mass is 9.95. The van der Waals surface area contributed by atoms with Crippen LogP contribution in [0.2, 0.25) is 0 Å². The first-order valence-electron chi connectivity index (χ1n) is 6.05. The van der Waals surface area contributed by atoms with E-state index in [1.165, 1.54) is 33.9 Å². The van der Waals surface area contributed by atoms with Gasteiger partial charge in [-0.25, -0.2) is 13.6 Å². The molecule has 1 atom stereocenters. The maximum absolute atomic E-state index is 13.7. The van der Waals surface area contributed by atoms with E-state index in [0.717, 1.165) is 17.0 Å². The topological polar surface area (TPSA) is 57.6 Å². The molecule has 4 nitrogen and oxygen atoms in total. The Bertz CT molecular complexity index is 523. The van der Waals surface area contributed by atoms with Crippen LogP contribution in [0, 0.1) is 11.6 Å². The first-order chi connectivity index (χ1) is 9.10. The minimum atomic E-state index is -1.47. The van der Waals surface area contributed by atoms with E-state index >= 15 is 0 Å². The molecule has 1 rings (SSSR count). The summed E-state index contributed by atoms with van der Waals surface area (Å²) in [5, 5.41) is 9.08. The smallest absolute Gasteiger partial charge is 0.329 e. The number of amides is 1. The fourth-order valence-corrected chi connectivity index (χ4v) is 1.76. The predicted octanol–water partition coefficient (Wildman–Crippen LogP) is 2.39. The Balaban J connectivity index is 3.13. The van der Waals surface area contributed by atoms with Gasteiger partial charge in [0.2, 0.25) is 5.91 Å². The number of carboxylic acids is 1. The maximum Gasteiger partial charge on any atom is 0.329 e. The third-order valence-corrected chi connectivity index (χ3v) is 3.50. The molecule has 6 heteroatoms. The number of aliphatic carboxylic acids is 1. The van der Waals surface area contributed by atoms with Crippen LogP contribution in [-0.4, -0.2) is 34.5 Å². The molecular weight excluding hydrogens is 268 g/mol. The van der Waals surface area contributed by atoms with Crippen LogP contribution < -0.4 is 0 Å². The van der Waals surface area contributed by atoms with Crippen LogP contribution >= 0.6 is 0 Å². The molecule has 1 aromatic rings. The highest BCUT2D eigenvalue weighted by atomic mass is 19.1. The molecule has 0 saturated carbocycles. The van der Waals surface area contributed by atoms with Crippen LogP contribution in [0.4, 0.5) is 8.78 Å². The molecule has 0 bridgehead atoms. The van der Waals surface area contributed by atoms with Crippen LogP contribution in [0.3, 0.4) is 0 Å². The lowest BCUT2D eigenvalue weighted by Crippen LogP contribution is -2.52. The van der Waals surface area contributed by atoms with Gasteiger partial charge in [-0.3, -0.25) is 4.79 Å². The van der Waals surface area contributed by atoms with Gasteiger partial charge in [-0.2, -0.15) is 0 Å². The zero-order valence-electron chi connectivity index (χ0n) is 11.8. The number of nitrogens with zero attached hydrogens (tertiary/aromatic N) is 1. The second kappa shape index (κ2) is 5.56. The molecule has 0 radical (unpaired) electrons. The van der Waals surface area contributed by atoms with Crippen molar-refractivity contribution >= 4 is 11.9 Å². The number of carbonyl (C=O) groups is 2. The lowest BCUT2D eigenvalue weighted by molar-refractivity contribution is -0.155. The number of carbonyl (C=O) groups excluding carboxylic acids is 1. The van der Waals surface area contributed by atoms with E-state index < -0.39 is 35.0 Å². The predicted molar refractivity (Wildman–Crippen MR) is 69.3 cm³/mol. The monoisotopic (exact) mass is 285 g/mol. The Morgan fingerprint density at radius 1 is 1.25 bits per heavy atom. The average Bonchev–Trinajstić information content (AvgIpc) is 2.36. The van der Waals surface area contributed by atoms with Crippen LogP contribution in [-0.2, 0) is 9.59 Å². The van der Waals surface area contributed by atoms with Crippen LogP contribution in [0.25, 0.3) is 0 Å². The fraction of sp³-hybridized carbons (Fsp3) is 0.429. The van der Waals surface area contributed by atoms with E-state index in [9.17, 15) is 18.4 Å². The zero-order chi connectivity index (χ0) is 15.7. The number of rotatable bonds is 4. The van der Waals surface area contributed by atoms with Gasteiger partial charge in [-0.05, 0) is 32.9 Å². The second-order valence-electron chi connectivity index (χ2n) is 5.12. The van der Waals surface area contributed by atoms with Crippen LogP contribution in [0.1, 0.15) is 32.3 Å². The average molecular weight is 285 g/mol. The van der Waals surface area contributed by atoms with Crippen LogP contribution in [0.5, 0.6) is 0 Å². The summed E-state index contributed by atoms with van der Waals surface area (Å²) in [6.45, 7) is 4.04. The molecule has 0 aromatic heterocycles. The van der Waals surface area contributed by atoms with Crippen molar-refractivity contribution in [2.45, 2.75) is 32.2 Å². The van der Waals surface area contributed by atoms with Gasteiger partial charge in [-0.15, -0.1) is 0 Å². The van der Waals surface area contributed by atoms with Crippen molar-refractivity contribution in [1.82, 2.24) is 4.90 Å². The summed E-state index contributed by atoms with van der Waals surface area (Å²) in [4.78, 5) is 24.3. The first kappa shape index (κ1) is 16.1. The van der Waals surface area contributed by atoms with Gasteiger partial charge in [0, 0.05) is 12.6 Å². The van der Waals surface area contributed by atoms with E-state index in [1.807, 2.05) is 0 Å². The SMILES string of the molecule is CC(C(=O)N(C)C(C)(C)C(=O)O)c1c(F)cccc1F. The fourth-order valence-electron chi connectivity index (χ4n) is 1.76. The number of likely N-dealkylation sites (N-methyl/N-ethyl adjacent to an activating group) is 1. The molecule has 110 valence electrons. The van der Waals surface area contributed by atoms with Crippen molar-refractivity contribution in [2.24, 2.45) is 0 Å². The molecular formula is C14H17F2NO3. The third kappa shape index (κ3) is 2.79. The van der Waals surface area contributed by atoms with Crippen molar-refractivity contribution in [3.05, 3.63) is 35.4 Å². The zero-order valence-corrected chi connectivity index (χ0v) is 11.8. The highest BCUT2D eigenvalue weighted by Gasteiger charge is 2.38. The van der Waals surface area contributed by atoms with E-state index in [1.54, 1.807) is 0 Å². The Labute approximate surface area is 116 Å². The Morgan fingerprint density at radius 3 is 2.10 bits per heavy atom. The van der Waals surface area contributed by atoms with Crippen molar-refractivity contribution in [3.8, 4) is 0 Å². The van der Waals surface area contributed by atoms with E-state index in [2.05, 4.69) is 0 Å². The number of halogens is 2. The quantitative estimate of drug-likeness (QED) is 0.924. The molecule has 0 saturated heterocycles. The Hall–Kier alpha value is -1.98. The largest absolute Gasteiger partial charge is 0.480 e. The molecule has 20 heavy (non-hydrogen) atoms. The molecule has 0 heterocycles. The van der Waals surface area contributed by atoms with E-state index in [-0.39, 0.29) is 5.56 Å². The summed E-state index contributed by atoms with van der Waals surface area (Å²) in [6.07, 6.45) is 0. The van der Waals surface area contributed by atoms with Gasteiger partial charge < -0.3 is 10.0 Å². The highest BCUT2D eigenvalue weighted by Crippen LogP contribution is 2.26. The molecule has 1 amide bonds.